The predicted octanol–water partition coefficient (Wildman–Crippen LogP) is 3.77. The Kier molecular flexibility index (Phi) is 4.96. The molecule has 7 nitrogen and oxygen atoms in total. The van der Waals surface area contributed by atoms with Gasteiger partial charge in [0.05, 0.1) is 20.7 Å². The highest BCUT2D eigenvalue weighted by molar-refractivity contribution is 14.1. The molecule has 0 saturated carbocycles. The van der Waals surface area contributed by atoms with E-state index in [0.717, 1.165) is 24.5 Å². The number of aromatic nitrogens is 1. The van der Waals surface area contributed by atoms with Crippen LogP contribution in [0.3, 0.4) is 0 Å². The number of piperazine rings is 1. The highest BCUT2D eigenvalue weighted by atomic mass is 127. The molecule has 0 atom stereocenters. The molecule has 2 heterocycles. The number of nitrogens with zero attached hydrogens (tertiary/aromatic N) is 4. The Morgan fingerprint density at radius 3 is 2.59 bits per heavy atom. The number of fused-ring (bicyclic) bond motifs is 1. The van der Waals surface area contributed by atoms with Crippen molar-refractivity contribution in [1.29, 1.82) is 0 Å². The summed E-state index contributed by atoms with van der Waals surface area (Å²) in [6, 6.07) is 12.3. The molecule has 1 aliphatic rings. The first kappa shape index (κ1) is 18.1. The van der Waals surface area contributed by atoms with E-state index in [4.69, 9.17) is 0 Å². The quantitative estimate of drug-likeness (QED) is 0.315. The molecule has 3 aromatic rings. The number of hydrogen-bond donors (Lipinski definition) is 0. The molecular formula is C18H15IN4O3S. The molecule has 9 heteroatoms. The van der Waals surface area contributed by atoms with E-state index < -0.39 is 4.92 Å². The highest BCUT2D eigenvalue weighted by Crippen LogP contribution is 2.32. The van der Waals surface area contributed by atoms with Gasteiger partial charge in [-0.2, -0.15) is 0 Å². The first-order valence-electron chi connectivity index (χ1n) is 8.36. The molecule has 1 fully saturated rings. The second-order valence-electron chi connectivity index (χ2n) is 6.16. The zero-order chi connectivity index (χ0) is 19.0. The summed E-state index contributed by atoms with van der Waals surface area (Å²) in [4.78, 5) is 31.9. The number of nitro benzene ring substituents is 1. The summed E-state index contributed by atoms with van der Waals surface area (Å²) in [5.74, 6) is 0.0552. The van der Waals surface area contributed by atoms with Crippen LogP contribution in [0.5, 0.6) is 0 Å². The van der Waals surface area contributed by atoms with Crippen molar-refractivity contribution in [3.05, 3.63) is 61.7 Å². The van der Waals surface area contributed by atoms with E-state index in [0.29, 0.717) is 26.2 Å². The Balaban J connectivity index is 1.47. The van der Waals surface area contributed by atoms with Crippen molar-refractivity contribution in [2.75, 3.05) is 31.1 Å². The van der Waals surface area contributed by atoms with Gasteiger partial charge in [-0.1, -0.05) is 23.5 Å². The number of anilines is 1. The molecule has 0 aliphatic carbocycles. The summed E-state index contributed by atoms with van der Waals surface area (Å²) < 4.78 is 1.76. The molecule has 2 aromatic carbocycles. The van der Waals surface area contributed by atoms with Gasteiger partial charge in [-0.15, -0.1) is 0 Å². The number of rotatable bonds is 3. The van der Waals surface area contributed by atoms with Crippen molar-refractivity contribution in [3.63, 3.8) is 0 Å². The lowest BCUT2D eigenvalue weighted by Gasteiger charge is -2.34. The van der Waals surface area contributed by atoms with E-state index >= 15 is 0 Å². The van der Waals surface area contributed by atoms with Gasteiger partial charge >= 0.3 is 0 Å². The summed E-state index contributed by atoms with van der Waals surface area (Å²) >= 11 is 3.64. The zero-order valence-corrected chi connectivity index (χ0v) is 17.1. The maximum atomic E-state index is 12.7. The summed E-state index contributed by atoms with van der Waals surface area (Å²) in [6.45, 7) is 2.63. The van der Waals surface area contributed by atoms with Gasteiger partial charge in [0.2, 0.25) is 0 Å². The lowest BCUT2D eigenvalue weighted by Crippen LogP contribution is -2.48. The van der Waals surface area contributed by atoms with Crippen LogP contribution in [0, 0.1) is 13.7 Å². The Hall–Kier alpha value is -2.27. The number of non-ortho nitro benzene ring substituents is 1. The van der Waals surface area contributed by atoms with E-state index in [-0.39, 0.29) is 11.6 Å². The summed E-state index contributed by atoms with van der Waals surface area (Å²) in [6.07, 6.45) is 0. The topological polar surface area (TPSA) is 79.6 Å². The second kappa shape index (κ2) is 7.39. The lowest BCUT2D eigenvalue weighted by molar-refractivity contribution is -0.384. The van der Waals surface area contributed by atoms with Crippen molar-refractivity contribution < 1.29 is 9.72 Å². The van der Waals surface area contributed by atoms with Crippen LogP contribution >= 0.6 is 33.9 Å². The van der Waals surface area contributed by atoms with Gasteiger partial charge in [0.15, 0.2) is 5.13 Å². The van der Waals surface area contributed by atoms with E-state index in [1.807, 2.05) is 29.2 Å². The monoisotopic (exact) mass is 494 g/mol. The molecule has 1 amide bonds. The van der Waals surface area contributed by atoms with Crippen LogP contribution in [0.4, 0.5) is 10.8 Å². The predicted molar refractivity (Wildman–Crippen MR) is 114 cm³/mol. The third-order valence-electron chi connectivity index (χ3n) is 4.51. The molecular weight excluding hydrogens is 479 g/mol. The molecule has 138 valence electrons. The minimum Gasteiger partial charge on any atom is -0.345 e. The largest absolute Gasteiger partial charge is 0.345 e. The van der Waals surface area contributed by atoms with Crippen molar-refractivity contribution >= 4 is 60.9 Å². The molecule has 27 heavy (non-hydrogen) atoms. The molecule has 0 N–H and O–H groups in total. The van der Waals surface area contributed by atoms with Gasteiger partial charge in [0.1, 0.15) is 0 Å². The van der Waals surface area contributed by atoms with E-state index in [9.17, 15) is 14.9 Å². The van der Waals surface area contributed by atoms with Crippen LogP contribution in [0.1, 0.15) is 10.4 Å². The first-order chi connectivity index (χ1) is 13.0. The first-order valence-corrected chi connectivity index (χ1v) is 10.3. The minimum atomic E-state index is -0.395. The van der Waals surface area contributed by atoms with Gasteiger partial charge in [-0.3, -0.25) is 14.9 Å². The van der Waals surface area contributed by atoms with Gasteiger partial charge in [0.25, 0.3) is 11.6 Å². The van der Waals surface area contributed by atoms with Gasteiger partial charge < -0.3 is 9.80 Å². The van der Waals surface area contributed by atoms with Gasteiger partial charge in [-0.05, 0) is 40.8 Å². The number of hydrogen-bond acceptors (Lipinski definition) is 6. The zero-order valence-electron chi connectivity index (χ0n) is 14.2. The summed E-state index contributed by atoms with van der Waals surface area (Å²) in [5, 5.41) is 11.8. The van der Waals surface area contributed by atoms with Crippen molar-refractivity contribution in [2.45, 2.75) is 0 Å². The fourth-order valence-electron chi connectivity index (χ4n) is 3.06. The number of amides is 1. The van der Waals surface area contributed by atoms with Crippen molar-refractivity contribution in [2.24, 2.45) is 0 Å². The average Bonchev–Trinajstić information content (AvgIpc) is 3.11. The SMILES string of the molecule is O=C(c1ccccc1I)N1CCN(c2nc3ccc([N+](=O)[O-])cc3s2)CC1. The van der Waals surface area contributed by atoms with Crippen LogP contribution in [0.25, 0.3) is 10.2 Å². The Bertz CT molecular complexity index is 1030. The van der Waals surface area contributed by atoms with Crippen LogP contribution in [0.2, 0.25) is 0 Å². The summed E-state index contributed by atoms with van der Waals surface area (Å²) in [5.41, 5.74) is 1.57. The third kappa shape index (κ3) is 3.61. The van der Waals surface area contributed by atoms with Crippen LogP contribution in [0.15, 0.2) is 42.5 Å². The van der Waals surface area contributed by atoms with Gasteiger partial charge in [0, 0.05) is 41.9 Å². The smallest absolute Gasteiger partial charge is 0.270 e. The third-order valence-corrected chi connectivity index (χ3v) is 6.53. The fraction of sp³-hybridized carbons (Fsp3) is 0.222. The molecule has 0 spiro atoms. The molecule has 0 bridgehead atoms. The number of nitro groups is 1. The molecule has 1 aromatic heterocycles. The number of benzene rings is 2. The van der Waals surface area contributed by atoms with E-state index in [1.165, 1.54) is 17.4 Å². The van der Waals surface area contributed by atoms with Crippen molar-refractivity contribution in [1.82, 2.24) is 9.88 Å². The van der Waals surface area contributed by atoms with E-state index in [2.05, 4.69) is 32.5 Å². The van der Waals surface area contributed by atoms with Crippen LogP contribution in [-0.2, 0) is 0 Å². The second-order valence-corrected chi connectivity index (χ2v) is 8.34. The fourth-order valence-corrected chi connectivity index (χ4v) is 4.72. The standard InChI is InChI=1S/C18H15IN4O3S/c19-14-4-2-1-3-13(14)17(24)21-7-9-22(10-8-21)18-20-15-6-5-12(23(25)26)11-16(15)27-18/h1-6,11H,7-10H2. The van der Waals surface area contributed by atoms with E-state index in [1.54, 1.807) is 12.1 Å². The van der Waals surface area contributed by atoms with Crippen molar-refractivity contribution in [3.8, 4) is 0 Å². The highest BCUT2D eigenvalue weighted by Gasteiger charge is 2.25. The molecule has 1 aliphatic heterocycles. The Morgan fingerprint density at radius 2 is 1.89 bits per heavy atom. The number of halogens is 1. The number of carbonyl (C=O) groups excluding carboxylic acids is 1. The van der Waals surface area contributed by atoms with Crippen LogP contribution in [-0.4, -0.2) is 46.9 Å². The number of thiazole rings is 1. The normalized spacial score (nSPS) is 14.6. The Labute approximate surface area is 172 Å². The summed E-state index contributed by atoms with van der Waals surface area (Å²) in [7, 11) is 0. The van der Waals surface area contributed by atoms with Crippen LogP contribution < -0.4 is 4.90 Å². The maximum Gasteiger partial charge on any atom is 0.270 e. The number of carbonyl (C=O) groups is 1. The Morgan fingerprint density at radius 1 is 1.15 bits per heavy atom. The molecule has 0 radical (unpaired) electrons. The molecule has 1 saturated heterocycles. The maximum absolute atomic E-state index is 12.7. The molecule has 4 rings (SSSR count). The van der Waals surface area contributed by atoms with Gasteiger partial charge in [-0.25, -0.2) is 4.98 Å². The lowest BCUT2D eigenvalue weighted by atomic mass is 10.2. The minimum absolute atomic E-state index is 0.0552. The average molecular weight is 494 g/mol. The molecule has 0 unspecified atom stereocenters.